The van der Waals surface area contributed by atoms with Gasteiger partial charge in [-0.3, -0.25) is 10.7 Å². The van der Waals surface area contributed by atoms with Crippen molar-refractivity contribution in [2.45, 2.75) is 6.92 Å². The lowest BCUT2D eigenvalue weighted by Crippen LogP contribution is -2.06. The first kappa shape index (κ1) is 7.55. The Balaban J connectivity index is 3.25. The number of nitrogen functional groups attached to an aromatic ring is 2. The summed E-state index contributed by atoms with van der Waals surface area (Å²) in [4.78, 5) is 7.54. The van der Waals surface area contributed by atoms with Gasteiger partial charge in [0.25, 0.3) is 0 Å². The molecule has 1 rings (SSSR count). The molecule has 0 aromatic carbocycles. The molecule has 0 radical (unpaired) electrons. The van der Waals surface area contributed by atoms with Gasteiger partial charge in [-0.25, -0.2) is 9.97 Å². The molecule has 0 spiro atoms. The molecule has 11 heavy (non-hydrogen) atoms. The van der Waals surface area contributed by atoms with Crippen LogP contribution in [0.15, 0.2) is 0 Å². The van der Waals surface area contributed by atoms with Crippen LogP contribution < -0.4 is 16.9 Å². The van der Waals surface area contributed by atoms with Crippen molar-refractivity contribution < 1.29 is 5.21 Å². The van der Waals surface area contributed by atoms with Crippen LogP contribution in [0.2, 0.25) is 0 Å². The van der Waals surface area contributed by atoms with Crippen LogP contribution in [0.4, 0.5) is 17.3 Å². The minimum Gasteiger partial charge on any atom is -0.382 e. The average Bonchev–Trinajstić information content (AvgIpc) is 1.85. The molecule has 1 aromatic heterocycles. The fourth-order valence-electron chi connectivity index (χ4n) is 0.731. The van der Waals surface area contributed by atoms with E-state index in [2.05, 4.69) is 9.97 Å². The zero-order valence-corrected chi connectivity index (χ0v) is 6.00. The van der Waals surface area contributed by atoms with E-state index < -0.39 is 0 Å². The van der Waals surface area contributed by atoms with Crippen molar-refractivity contribution in [2.75, 3.05) is 16.9 Å². The third-order valence-corrected chi connectivity index (χ3v) is 1.19. The van der Waals surface area contributed by atoms with Crippen molar-refractivity contribution in [3.63, 3.8) is 0 Å². The smallest absolute Gasteiger partial charge is 0.155 e. The highest BCUT2D eigenvalue weighted by Crippen LogP contribution is 2.20. The monoisotopic (exact) mass is 155 g/mol. The molecule has 0 atom stereocenters. The zero-order chi connectivity index (χ0) is 8.43. The largest absolute Gasteiger partial charge is 0.382 e. The lowest BCUT2D eigenvalue weighted by molar-refractivity contribution is 0.389. The lowest BCUT2D eigenvalue weighted by atomic mass is 10.4. The number of nitrogens with one attached hydrogen (secondary N) is 1. The molecule has 0 fully saturated rings. The summed E-state index contributed by atoms with van der Waals surface area (Å²) >= 11 is 0. The summed E-state index contributed by atoms with van der Waals surface area (Å²) in [7, 11) is 0. The minimum absolute atomic E-state index is 0.137. The molecule has 6 N–H and O–H groups in total. The highest BCUT2D eigenvalue weighted by Gasteiger charge is 2.05. The van der Waals surface area contributed by atoms with Gasteiger partial charge in [-0.1, -0.05) is 0 Å². The summed E-state index contributed by atoms with van der Waals surface area (Å²) in [6, 6.07) is 0. The van der Waals surface area contributed by atoms with Crippen molar-refractivity contribution in [3.8, 4) is 0 Å². The zero-order valence-electron chi connectivity index (χ0n) is 6.00. The van der Waals surface area contributed by atoms with E-state index in [9.17, 15) is 0 Å². The van der Waals surface area contributed by atoms with Crippen LogP contribution in [-0.2, 0) is 0 Å². The van der Waals surface area contributed by atoms with Gasteiger partial charge in [0.15, 0.2) is 11.6 Å². The third-order valence-electron chi connectivity index (χ3n) is 1.19. The number of nitrogens with zero attached hydrogens (tertiary/aromatic N) is 2. The predicted octanol–water partition coefficient (Wildman–Crippen LogP) is -0.249. The average molecular weight is 155 g/mol. The maximum atomic E-state index is 8.50. The Kier molecular flexibility index (Phi) is 1.77. The van der Waals surface area contributed by atoms with Gasteiger partial charge in [-0.05, 0) is 6.92 Å². The minimum atomic E-state index is 0.137. The first-order valence-electron chi connectivity index (χ1n) is 2.95. The number of hydrogen-bond donors (Lipinski definition) is 4. The van der Waals surface area contributed by atoms with Gasteiger partial charge in [0.2, 0.25) is 0 Å². The summed E-state index contributed by atoms with van der Waals surface area (Å²) < 4.78 is 0. The summed E-state index contributed by atoms with van der Waals surface area (Å²) in [5.74, 6) is 0.744. The summed E-state index contributed by atoms with van der Waals surface area (Å²) in [6.45, 7) is 1.66. The van der Waals surface area contributed by atoms with E-state index in [1.165, 1.54) is 0 Å². The first-order valence-corrected chi connectivity index (χ1v) is 2.95. The Morgan fingerprint density at radius 2 is 1.73 bits per heavy atom. The highest BCUT2D eigenvalue weighted by molar-refractivity contribution is 5.72. The molecule has 1 aromatic rings. The number of rotatable bonds is 1. The Morgan fingerprint density at radius 3 is 2.09 bits per heavy atom. The van der Waals surface area contributed by atoms with E-state index in [4.69, 9.17) is 16.7 Å². The van der Waals surface area contributed by atoms with Crippen molar-refractivity contribution in [3.05, 3.63) is 5.82 Å². The second-order valence-corrected chi connectivity index (χ2v) is 2.03. The van der Waals surface area contributed by atoms with Crippen molar-refractivity contribution in [1.29, 1.82) is 0 Å². The Morgan fingerprint density at radius 1 is 1.27 bits per heavy atom. The summed E-state index contributed by atoms with van der Waals surface area (Å²) in [6.07, 6.45) is 0. The molecule has 0 aliphatic rings. The van der Waals surface area contributed by atoms with Crippen LogP contribution in [0.1, 0.15) is 5.82 Å². The lowest BCUT2D eigenvalue weighted by Gasteiger charge is -2.05. The number of anilines is 3. The first-order chi connectivity index (χ1) is 5.15. The molecule has 0 saturated carbocycles. The van der Waals surface area contributed by atoms with E-state index in [0.717, 1.165) is 0 Å². The van der Waals surface area contributed by atoms with Crippen molar-refractivity contribution in [2.24, 2.45) is 0 Å². The van der Waals surface area contributed by atoms with E-state index in [0.29, 0.717) is 5.82 Å². The van der Waals surface area contributed by atoms with Crippen LogP contribution in [0, 0.1) is 6.92 Å². The Bertz CT molecular complexity index is 251. The number of hydrogen-bond acceptors (Lipinski definition) is 6. The normalized spacial score (nSPS) is 9.64. The van der Waals surface area contributed by atoms with E-state index >= 15 is 0 Å². The number of nitrogens with two attached hydrogens (primary N) is 2. The van der Waals surface area contributed by atoms with Gasteiger partial charge in [0.05, 0.1) is 0 Å². The molecule has 0 aliphatic carbocycles. The van der Waals surface area contributed by atoms with Gasteiger partial charge in [0, 0.05) is 0 Å². The molecule has 60 valence electrons. The second kappa shape index (κ2) is 2.59. The maximum Gasteiger partial charge on any atom is 0.155 e. The van der Waals surface area contributed by atoms with Gasteiger partial charge in [-0.2, -0.15) is 0 Å². The van der Waals surface area contributed by atoms with E-state index in [1.54, 1.807) is 6.92 Å². The number of aryl methyl sites for hydroxylation is 1. The van der Waals surface area contributed by atoms with Crippen LogP contribution in [0.25, 0.3) is 0 Å². The number of aromatic nitrogens is 2. The quantitative estimate of drug-likeness (QED) is 0.416. The molecular formula is C5H9N5O. The Labute approximate surface area is 63.2 Å². The molecule has 6 nitrogen and oxygen atoms in total. The second-order valence-electron chi connectivity index (χ2n) is 2.03. The van der Waals surface area contributed by atoms with Crippen LogP contribution in [-0.4, -0.2) is 15.2 Å². The molecular weight excluding hydrogens is 146 g/mol. The molecule has 0 saturated heterocycles. The van der Waals surface area contributed by atoms with Gasteiger partial charge in [0.1, 0.15) is 11.5 Å². The molecule has 0 bridgehead atoms. The van der Waals surface area contributed by atoms with Crippen LogP contribution in [0.5, 0.6) is 0 Å². The summed E-state index contributed by atoms with van der Waals surface area (Å²) in [5, 5.41) is 8.50. The summed E-state index contributed by atoms with van der Waals surface area (Å²) in [5.41, 5.74) is 12.7. The van der Waals surface area contributed by atoms with Crippen LogP contribution in [0.3, 0.4) is 0 Å². The van der Waals surface area contributed by atoms with Crippen molar-refractivity contribution in [1.82, 2.24) is 9.97 Å². The van der Waals surface area contributed by atoms with Crippen molar-refractivity contribution >= 4 is 17.3 Å². The molecule has 0 unspecified atom stereocenters. The predicted molar refractivity (Wildman–Crippen MR) is 41.0 cm³/mol. The molecule has 6 heteroatoms. The SMILES string of the molecule is Cc1nc(N)c(NO)c(N)n1. The van der Waals surface area contributed by atoms with Gasteiger partial charge >= 0.3 is 0 Å². The fourth-order valence-corrected chi connectivity index (χ4v) is 0.731. The topological polar surface area (TPSA) is 110 Å². The van der Waals surface area contributed by atoms with E-state index in [-0.39, 0.29) is 17.3 Å². The van der Waals surface area contributed by atoms with Crippen LogP contribution >= 0.6 is 0 Å². The molecule has 0 amide bonds. The van der Waals surface area contributed by atoms with Gasteiger partial charge in [-0.15, -0.1) is 0 Å². The maximum absolute atomic E-state index is 8.50. The van der Waals surface area contributed by atoms with E-state index in [1.807, 2.05) is 5.48 Å². The fraction of sp³-hybridized carbons (Fsp3) is 0.200. The molecule has 0 aliphatic heterocycles. The highest BCUT2D eigenvalue weighted by atomic mass is 16.5. The third kappa shape index (κ3) is 1.30. The standard InChI is InChI=1S/C5H9N5O/c1-2-8-4(6)3(10-11)5(7)9-2/h10-11H,1H3,(H4,6,7,8,9). The molecule has 1 heterocycles. The Hall–Kier alpha value is -1.56. The van der Waals surface area contributed by atoms with Gasteiger partial charge < -0.3 is 11.5 Å².